The zero-order chi connectivity index (χ0) is 28.1. The third kappa shape index (κ3) is 7.74. The molecule has 0 fully saturated rings. The Morgan fingerprint density at radius 1 is 0.921 bits per heavy atom. The smallest absolute Gasteiger partial charge is 0.416 e. The highest BCUT2D eigenvalue weighted by molar-refractivity contribution is 6.31. The van der Waals surface area contributed by atoms with Crippen molar-refractivity contribution in [3.05, 3.63) is 99.6 Å². The van der Waals surface area contributed by atoms with Crippen LogP contribution < -0.4 is 5.32 Å². The van der Waals surface area contributed by atoms with Gasteiger partial charge in [0.1, 0.15) is 0 Å². The number of carbonyl (C=O) groups excluding carboxylic acids is 2. The summed E-state index contributed by atoms with van der Waals surface area (Å²) < 4.78 is 44.3. The Hall–Kier alpha value is -3.52. The number of ether oxygens (including phenoxy) is 1. The number of carbonyl (C=O) groups is 2. The van der Waals surface area contributed by atoms with Crippen LogP contribution in [-0.4, -0.2) is 30.6 Å². The second kappa shape index (κ2) is 11.9. The highest BCUT2D eigenvalue weighted by atomic mass is 35.5. The maximum atomic E-state index is 13.8. The largest absolute Gasteiger partial charge is 0.453 e. The van der Waals surface area contributed by atoms with E-state index in [4.69, 9.17) is 11.6 Å². The quantitative estimate of drug-likeness (QED) is 0.330. The van der Waals surface area contributed by atoms with Gasteiger partial charge in [-0.1, -0.05) is 74.8 Å². The van der Waals surface area contributed by atoms with Gasteiger partial charge in [-0.3, -0.25) is 10.1 Å². The van der Waals surface area contributed by atoms with E-state index in [9.17, 15) is 22.8 Å². The lowest BCUT2D eigenvalue weighted by Crippen LogP contribution is -2.33. The predicted molar refractivity (Wildman–Crippen MR) is 143 cm³/mol. The second-order valence-corrected chi connectivity index (χ2v) is 10.4. The Kier molecular flexibility index (Phi) is 9.09. The van der Waals surface area contributed by atoms with Crippen molar-refractivity contribution in [3.8, 4) is 0 Å². The number of hydrogen-bond acceptors (Lipinski definition) is 3. The normalized spacial score (nSPS) is 11.7. The van der Waals surface area contributed by atoms with E-state index in [1.165, 1.54) is 36.3 Å². The Labute approximate surface area is 225 Å². The molecule has 0 spiro atoms. The van der Waals surface area contributed by atoms with E-state index in [1.807, 2.05) is 24.3 Å². The summed E-state index contributed by atoms with van der Waals surface area (Å²) in [6, 6.07) is 17.4. The lowest BCUT2D eigenvalue weighted by atomic mass is 9.87. The van der Waals surface area contributed by atoms with E-state index in [0.29, 0.717) is 5.56 Å². The highest BCUT2D eigenvalue weighted by Crippen LogP contribution is 2.30. The van der Waals surface area contributed by atoms with E-state index in [-0.39, 0.29) is 41.2 Å². The van der Waals surface area contributed by atoms with Gasteiger partial charge in [-0.05, 0) is 52.8 Å². The van der Waals surface area contributed by atoms with Crippen molar-refractivity contribution < 1.29 is 27.5 Å². The standard InChI is InChI=1S/C29H30ClF3N2O3/c1-28(2,3)21-10-8-20(9-11-21)18-35(15-14-19-6-5-7-22(16-19)29(31,32)33)26(36)24-17-23(30)12-13-25(24)34-27(37)38-4/h5-13,16-17H,14-15,18H2,1-4H3,(H,34,37). The van der Waals surface area contributed by atoms with E-state index in [0.717, 1.165) is 23.3 Å². The van der Waals surface area contributed by atoms with E-state index >= 15 is 0 Å². The maximum Gasteiger partial charge on any atom is 0.416 e. The number of methoxy groups -OCH3 is 1. The summed E-state index contributed by atoms with van der Waals surface area (Å²) in [7, 11) is 1.20. The molecule has 0 aromatic heterocycles. The average molecular weight is 547 g/mol. The van der Waals surface area contributed by atoms with Crippen LogP contribution in [0.2, 0.25) is 5.02 Å². The molecule has 3 aromatic carbocycles. The van der Waals surface area contributed by atoms with Gasteiger partial charge in [-0.2, -0.15) is 13.2 Å². The molecule has 9 heteroatoms. The van der Waals surface area contributed by atoms with Crippen molar-refractivity contribution in [2.24, 2.45) is 0 Å². The number of nitrogens with one attached hydrogen (secondary N) is 1. The van der Waals surface area contributed by atoms with E-state index in [2.05, 4.69) is 30.8 Å². The number of nitrogens with zero attached hydrogens (tertiary/aromatic N) is 1. The Morgan fingerprint density at radius 2 is 1.61 bits per heavy atom. The first-order chi connectivity index (χ1) is 17.8. The molecule has 2 amide bonds. The fourth-order valence-electron chi connectivity index (χ4n) is 3.88. The van der Waals surface area contributed by atoms with Crippen molar-refractivity contribution in [1.82, 2.24) is 4.90 Å². The first-order valence-corrected chi connectivity index (χ1v) is 12.3. The number of amides is 2. The monoisotopic (exact) mass is 546 g/mol. The molecule has 0 aliphatic rings. The fourth-order valence-corrected chi connectivity index (χ4v) is 4.06. The zero-order valence-electron chi connectivity index (χ0n) is 21.7. The molecule has 0 bridgehead atoms. The third-order valence-corrected chi connectivity index (χ3v) is 6.27. The number of hydrogen-bond donors (Lipinski definition) is 1. The van der Waals surface area contributed by atoms with Gasteiger partial charge >= 0.3 is 12.3 Å². The summed E-state index contributed by atoms with van der Waals surface area (Å²) >= 11 is 6.17. The summed E-state index contributed by atoms with van der Waals surface area (Å²) in [6.07, 6.45) is -5.03. The van der Waals surface area contributed by atoms with Crippen LogP contribution in [0.1, 0.15) is 53.4 Å². The van der Waals surface area contributed by atoms with Gasteiger partial charge in [0.05, 0.1) is 23.9 Å². The van der Waals surface area contributed by atoms with Crippen LogP contribution in [0.25, 0.3) is 0 Å². The molecule has 0 unspecified atom stereocenters. The van der Waals surface area contributed by atoms with Crippen LogP contribution in [0.5, 0.6) is 0 Å². The van der Waals surface area contributed by atoms with Crippen LogP contribution in [0.3, 0.4) is 0 Å². The number of alkyl halides is 3. The second-order valence-electron chi connectivity index (χ2n) is 9.93. The predicted octanol–water partition coefficient (Wildman–Crippen LogP) is 7.72. The summed E-state index contributed by atoms with van der Waals surface area (Å²) in [6.45, 7) is 6.63. The molecule has 38 heavy (non-hydrogen) atoms. The maximum absolute atomic E-state index is 13.8. The van der Waals surface area contributed by atoms with Gasteiger partial charge in [0.15, 0.2) is 0 Å². The van der Waals surface area contributed by atoms with E-state index in [1.54, 1.807) is 6.07 Å². The Bertz CT molecular complexity index is 1290. The minimum atomic E-state index is -4.46. The Morgan fingerprint density at radius 3 is 2.21 bits per heavy atom. The summed E-state index contributed by atoms with van der Waals surface area (Å²) in [5.74, 6) is -0.439. The lowest BCUT2D eigenvalue weighted by Gasteiger charge is -2.25. The lowest BCUT2D eigenvalue weighted by molar-refractivity contribution is -0.137. The molecule has 0 saturated carbocycles. The minimum absolute atomic E-state index is 0.0488. The highest BCUT2D eigenvalue weighted by Gasteiger charge is 2.30. The van der Waals surface area contributed by atoms with Gasteiger partial charge < -0.3 is 9.64 Å². The number of anilines is 1. The van der Waals surface area contributed by atoms with E-state index < -0.39 is 23.7 Å². The molecule has 0 heterocycles. The minimum Gasteiger partial charge on any atom is -0.453 e. The number of rotatable bonds is 7. The van der Waals surface area contributed by atoms with Gasteiger partial charge in [-0.25, -0.2) is 4.79 Å². The van der Waals surface area contributed by atoms with Crippen molar-refractivity contribution in [2.75, 3.05) is 19.0 Å². The molecule has 0 saturated heterocycles. The van der Waals surface area contributed by atoms with Crippen molar-refractivity contribution >= 4 is 29.3 Å². The summed E-state index contributed by atoms with van der Waals surface area (Å²) in [5, 5.41) is 2.80. The van der Waals surface area contributed by atoms with Crippen molar-refractivity contribution in [1.29, 1.82) is 0 Å². The van der Waals surface area contributed by atoms with Gasteiger partial charge in [0, 0.05) is 18.1 Å². The topological polar surface area (TPSA) is 58.6 Å². The first-order valence-electron chi connectivity index (χ1n) is 12.0. The molecule has 3 rings (SSSR count). The SMILES string of the molecule is COC(=O)Nc1ccc(Cl)cc1C(=O)N(CCc1cccc(C(F)(F)F)c1)Cc1ccc(C(C)(C)C)cc1. The molecular weight excluding hydrogens is 517 g/mol. The molecule has 202 valence electrons. The van der Waals surface area contributed by atoms with Gasteiger partial charge in [0.25, 0.3) is 5.91 Å². The number of benzene rings is 3. The first kappa shape index (κ1) is 29.0. The molecule has 0 aliphatic heterocycles. The molecule has 1 N–H and O–H groups in total. The molecule has 3 aromatic rings. The summed E-state index contributed by atoms with van der Waals surface area (Å²) in [4.78, 5) is 27.1. The van der Waals surface area contributed by atoms with Crippen molar-refractivity contribution in [3.63, 3.8) is 0 Å². The van der Waals surface area contributed by atoms with Crippen molar-refractivity contribution in [2.45, 2.75) is 45.3 Å². The van der Waals surface area contributed by atoms with Crippen LogP contribution in [0.15, 0.2) is 66.7 Å². The summed E-state index contributed by atoms with van der Waals surface area (Å²) in [5.41, 5.74) is 1.97. The fraction of sp³-hybridized carbons (Fsp3) is 0.310. The van der Waals surface area contributed by atoms with Gasteiger partial charge in [0.2, 0.25) is 0 Å². The molecule has 0 radical (unpaired) electrons. The van der Waals surface area contributed by atoms with Crippen LogP contribution in [0, 0.1) is 0 Å². The van der Waals surface area contributed by atoms with Gasteiger partial charge in [-0.15, -0.1) is 0 Å². The van der Waals surface area contributed by atoms with Crippen LogP contribution in [0.4, 0.5) is 23.7 Å². The van der Waals surface area contributed by atoms with Crippen LogP contribution in [-0.2, 0) is 29.3 Å². The molecule has 0 atom stereocenters. The average Bonchev–Trinajstić information content (AvgIpc) is 2.86. The third-order valence-electron chi connectivity index (χ3n) is 6.04. The molecular formula is C29H30ClF3N2O3. The Balaban J connectivity index is 1.94. The van der Waals surface area contributed by atoms with Crippen LogP contribution >= 0.6 is 11.6 Å². The zero-order valence-corrected chi connectivity index (χ0v) is 22.4. The number of halogens is 4. The molecule has 5 nitrogen and oxygen atoms in total. The molecule has 0 aliphatic carbocycles.